The largest absolute Gasteiger partial charge is 0.361 e. The monoisotopic (exact) mass is 489 g/mol. The van der Waals surface area contributed by atoms with Crippen LogP contribution in [0.25, 0.3) is 21.8 Å². The predicted molar refractivity (Wildman–Crippen MR) is 142 cm³/mol. The van der Waals surface area contributed by atoms with Gasteiger partial charge in [-0.3, -0.25) is 9.69 Å². The number of fused-ring (bicyclic) bond motifs is 2. The molecule has 4 aromatic rings. The van der Waals surface area contributed by atoms with Crippen LogP contribution in [0.5, 0.6) is 0 Å². The standard InChI is InChI=1S/C28H32ClN5O/c1-18-2-4-22-19(15-32-26(22)12-18)13-24(30)27(35)33-9-6-28(7-10-33)8-11-34(28)17-20-16-31-25-5-3-21(29)14-23(20)25/h2-5,12,14-16,24,31-32H,6-11,13,17,30H2,1H3/t24-/m0/s1. The molecule has 1 amide bonds. The minimum Gasteiger partial charge on any atom is -0.361 e. The maximum atomic E-state index is 13.2. The van der Waals surface area contributed by atoms with Crippen LogP contribution >= 0.6 is 11.6 Å². The molecule has 0 aliphatic carbocycles. The molecule has 0 radical (unpaired) electrons. The summed E-state index contributed by atoms with van der Waals surface area (Å²) in [5, 5.41) is 3.12. The average molecular weight is 490 g/mol. The highest BCUT2D eigenvalue weighted by atomic mass is 35.5. The molecule has 2 fully saturated rings. The zero-order valence-electron chi connectivity index (χ0n) is 20.1. The number of nitrogens with one attached hydrogen (secondary N) is 2. The quantitative estimate of drug-likeness (QED) is 0.378. The normalized spacial score (nSPS) is 18.9. The Hall–Kier alpha value is -2.80. The maximum absolute atomic E-state index is 13.2. The fourth-order valence-corrected chi connectivity index (χ4v) is 6.23. The second kappa shape index (κ2) is 8.70. The third-order valence-electron chi connectivity index (χ3n) is 8.29. The van der Waals surface area contributed by atoms with Crippen molar-refractivity contribution >= 4 is 39.3 Å². The molecule has 2 aliphatic rings. The smallest absolute Gasteiger partial charge is 0.239 e. The van der Waals surface area contributed by atoms with Gasteiger partial charge in [0.1, 0.15) is 0 Å². The van der Waals surface area contributed by atoms with Gasteiger partial charge in [0, 0.05) is 70.9 Å². The summed E-state index contributed by atoms with van der Waals surface area (Å²) in [6, 6.07) is 11.8. The van der Waals surface area contributed by atoms with Gasteiger partial charge in [-0.1, -0.05) is 23.7 Å². The van der Waals surface area contributed by atoms with Gasteiger partial charge in [0.15, 0.2) is 0 Å². The van der Waals surface area contributed by atoms with Crippen molar-refractivity contribution in [2.45, 2.75) is 50.7 Å². The maximum Gasteiger partial charge on any atom is 0.239 e. The number of aromatic amines is 2. The molecule has 2 aliphatic heterocycles. The van der Waals surface area contributed by atoms with Crippen molar-refractivity contribution in [1.29, 1.82) is 0 Å². The number of hydrogen-bond donors (Lipinski definition) is 3. The molecule has 7 heteroatoms. The van der Waals surface area contributed by atoms with Gasteiger partial charge < -0.3 is 20.6 Å². The van der Waals surface area contributed by atoms with E-state index in [2.05, 4.69) is 46.2 Å². The Morgan fingerprint density at radius 3 is 2.51 bits per heavy atom. The number of nitrogens with zero attached hydrogens (tertiary/aromatic N) is 2. The van der Waals surface area contributed by atoms with Crippen molar-refractivity contribution in [3.8, 4) is 0 Å². The van der Waals surface area contributed by atoms with Crippen LogP contribution in [0.1, 0.15) is 36.0 Å². The molecule has 4 heterocycles. The predicted octanol–water partition coefficient (Wildman–Crippen LogP) is 4.75. The number of H-pyrrole nitrogens is 2. The Balaban J connectivity index is 1.08. The van der Waals surface area contributed by atoms with Crippen LogP contribution in [0.4, 0.5) is 0 Å². The van der Waals surface area contributed by atoms with Crippen LogP contribution in [0.15, 0.2) is 48.8 Å². The Bertz CT molecular complexity index is 1400. The summed E-state index contributed by atoms with van der Waals surface area (Å²) in [5.41, 5.74) is 12.5. The molecule has 6 nitrogen and oxygen atoms in total. The minimum absolute atomic E-state index is 0.0680. The molecule has 182 valence electrons. The van der Waals surface area contributed by atoms with Crippen molar-refractivity contribution in [2.75, 3.05) is 19.6 Å². The van der Waals surface area contributed by atoms with Gasteiger partial charge in [-0.15, -0.1) is 0 Å². The van der Waals surface area contributed by atoms with Crippen LogP contribution in [-0.2, 0) is 17.8 Å². The lowest BCUT2D eigenvalue weighted by Crippen LogP contribution is -2.64. The molecule has 4 N–H and O–H groups in total. The SMILES string of the molecule is Cc1ccc2c(C[C@H](N)C(=O)N3CCC4(CC3)CCN4Cc3c[nH]c4ccc(Cl)cc34)c[nH]c2c1. The molecule has 35 heavy (non-hydrogen) atoms. The van der Waals surface area contributed by atoms with Crippen LogP contribution in [-0.4, -0.2) is 56.9 Å². The number of piperidine rings is 1. The van der Waals surface area contributed by atoms with Gasteiger partial charge in [-0.2, -0.15) is 0 Å². The minimum atomic E-state index is -0.516. The van der Waals surface area contributed by atoms with E-state index >= 15 is 0 Å². The van der Waals surface area contributed by atoms with Crippen LogP contribution in [0.3, 0.4) is 0 Å². The average Bonchev–Trinajstić information content (AvgIpc) is 3.44. The zero-order valence-corrected chi connectivity index (χ0v) is 20.9. The molecule has 0 saturated carbocycles. The Morgan fingerprint density at radius 2 is 1.74 bits per heavy atom. The van der Waals surface area contributed by atoms with Gasteiger partial charge >= 0.3 is 0 Å². The molecular weight excluding hydrogens is 458 g/mol. The number of benzene rings is 2. The van der Waals surface area contributed by atoms with Gasteiger partial charge in [-0.05, 0) is 73.6 Å². The third-order valence-corrected chi connectivity index (χ3v) is 8.53. The summed E-state index contributed by atoms with van der Waals surface area (Å²) in [7, 11) is 0. The molecule has 1 atom stereocenters. The second-order valence-electron chi connectivity index (χ2n) is 10.4. The van der Waals surface area contributed by atoms with E-state index in [4.69, 9.17) is 17.3 Å². The van der Waals surface area contributed by atoms with E-state index in [1.807, 2.05) is 29.3 Å². The number of aryl methyl sites for hydroxylation is 1. The lowest BCUT2D eigenvalue weighted by atomic mass is 9.76. The van der Waals surface area contributed by atoms with Crippen LogP contribution < -0.4 is 5.73 Å². The number of hydrogen-bond acceptors (Lipinski definition) is 3. The number of halogens is 1. The highest BCUT2D eigenvalue weighted by molar-refractivity contribution is 6.31. The van der Waals surface area contributed by atoms with E-state index in [0.29, 0.717) is 6.42 Å². The number of likely N-dealkylation sites (tertiary alicyclic amines) is 2. The third kappa shape index (κ3) is 4.03. The topological polar surface area (TPSA) is 81.2 Å². The number of carbonyl (C=O) groups excluding carboxylic acids is 1. The van der Waals surface area contributed by atoms with E-state index in [-0.39, 0.29) is 11.4 Å². The second-order valence-corrected chi connectivity index (χ2v) is 10.8. The number of rotatable bonds is 5. The highest BCUT2D eigenvalue weighted by Gasteiger charge is 2.47. The zero-order chi connectivity index (χ0) is 24.2. The van der Waals surface area contributed by atoms with Crippen molar-refractivity contribution in [3.05, 3.63) is 70.5 Å². The highest BCUT2D eigenvalue weighted by Crippen LogP contribution is 2.41. The number of aromatic nitrogens is 2. The first kappa shape index (κ1) is 22.7. The van der Waals surface area contributed by atoms with Gasteiger partial charge in [0.2, 0.25) is 5.91 Å². The van der Waals surface area contributed by atoms with Crippen molar-refractivity contribution < 1.29 is 4.79 Å². The van der Waals surface area contributed by atoms with E-state index in [0.717, 1.165) is 66.0 Å². The molecule has 0 bridgehead atoms. The van der Waals surface area contributed by atoms with Gasteiger partial charge in [0.25, 0.3) is 0 Å². The van der Waals surface area contributed by atoms with Crippen molar-refractivity contribution in [3.63, 3.8) is 0 Å². The molecule has 1 spiro atoms. The van der Waals surface area contributed by atoms with Crippen LogP contribution in [0, 0.1) is 6.92 Å². The summed E-state index contributed by atoms with van der Waals surface area (Å²) in [4.78, 5) is 24.5. The van der Waals surface area contributed by atoms with E-state index in [9.17, 15) is 4.79 Å². The summed E-state index contributed by atoms with van der Waals surface area (Å²) in [5.74, 6) is 0.0680. The molecular formula is C28H32ClN5O. The Labute approximate surface area is 210 Å². The molecule has 0 unspecified atom stereocenters. The first-order valence-corrected chi connectivity index (χ1v) is 12.9. The van der Waals surface area contributed by atoms with E-state index in [1.165, 1.54) is 22.9 Å². The van der Waals surface area contributed by atoms with Crippen molar-refractivity contribution in [2.24, 2.45) is 5.73 Å². The fourth-order valence-electron chi connectivity index (χ4n) is 6.06. The Morgan fingerprint density at radius 1 is 1.00 bits per heavy atom. The number of carbonyl (C=O) groups is 1. The molecule has 6 rings (SSSR count). The number of nitrogens with two attached hydrogens (primary N) is 1. The van der Waals surface area contributed by atoms with Crippen LogP contribution in [0.2, 0.25) is 5.02 Å². The lowest BCUT2D eigenvalue weighted by Gasteiger charge is -2.56. The summed E-state index contributed by atoms with van der Waals surface area (Å²) < 4.78 is 0. The summed E-state index contributed by atoms with van der Waals surface area (Å²) >= 11 is 6.25. The number of amides is 1. The molecule has 2 aromatic heterocycles. The summed E-state index contributed by atoms with van der Waals surface area (Å²) in [6.45, 7) is 5.64. The van der Waals surface area contributed by atoms with Crippen molar-refractivity contribution in [1.82, 2.24) is 19.8 Å². The molecule has 2 aromatic carbocycles. The first-order valence-electron chi connectivity index (χ1n) is 12.5. The fraction of sp³-hybridized carbons (Fsp3) is 0.393. The molecule has 2 saturated heterocycles. The lowest BCUT2D eigenvalue weighted by molar-refractivity contribution is -0.138. The summed E-state index contributed by atoms with van der Waals surface area (Å²) in [6.07, 6.45) is 7.85. The first-order chi connectivity index (χ1) is 16.9. The van der Waals surface area contributed by atoms with E-state index in [1.54, 1.807) is 0 Å². The van der Waals surface area contributed by atoms with Gasteiger partial charge in [0.05, 0.1) is 6.04 Å². The van der Waals surface area contributed by atoms with Gasteiger partial charge in [-0.25, -0.2) is 0 Å². The van der Waals surface area contributed by atoms with E-state index < -0.39 is 6.04 Å². The Kier molecular flexibility index (Phi) is 5.63.